The summed E-state index contributed by atoms with van der Waals surface area (Å²) in [6.07, 6.45) is 8.12. The predicted octanol–water partition coefficient (Wildman–Crippen LogP) is 6.39. The highest BCUT2D eigenvalue weighted by Gasteiger charge is 2.23. The Labute approximate surface area is 274 Å². The average Bonchev–Trinajstić information content (AvgIpc) is 3.78. The van der Waals surface area contributed by atoms with E-state index >= 15 is 0 Å². The van der Waals surface area contributed by atoms with Crippen molar-refractivity contribution in [1.82, 2.24) is 25.1 Å². The van der Waals surface area contributed by atoms with Crippen molar-refractivity contribution in [2.75, 3.05) is 38.1 Å². The number of fused-ring (bicyclic) bond motifs is 1. The summed E-state index contributed by atoms with van der Waals surface area (Å²) in [5.74, 6) is -0.491. The quantitative estimate of drug-likeness (QED) is 0.204. The van der Waals surface area contributed by atoms with Gasteiger partial charge in [-0.3, -0.25) is 19.7 Å². The Morgan fingerprint density at radius 2 is 1.80 bits per heavy atom. The first kappa shape index (κ1) is 34.9. The summed E-state index contributed by atoms with van der Waals surface area (Å²) in [5, 5.41) is 14.3. The van der Waals surface area contributed by atoms with Gasteiger partial charge in [-0.15, -0.1) is 11.3 Å². The van der Waals surface area contributed by atoms with Gasteiger partial charge >= 0.3 is 6.03 Å². The van der Waals surface area contributed by atoms with Crippen LogP contribution in [0.25, 0.3) is 20.8 Å². The first-order valence-corrected chi connectivity index (χ1v) is 16.9. The molecule has 11 heteroatoms. The van der Waals surface area contributed by atoms with Crippen LogP contribution >= 0.6 is 11.3 Å². The van der Waals surface area contributed by atoms with Crippen molar-refractivity contribution in [2.24, 2.45) is 0 Å². The number of carbonyl (C=O) groups is 2. The molecular weight excluding hydrogens is 603 g/mol. The van der Waals surface area contributed by atoms with Crippen LogP contribution in [0.15, 0.2) is 54.9 Å². The van der Waals surface area contributed by atoms with Crippen LogP contribution in [-0.4, -0.2) is 75.6 Å². The topological polar surface area (TPSA) is 111 Å². The lowest BCUT2D eigenvalue weighted by Gasteiger charge is -2.34. The van der Waals surface area contributed by atoms with Crippen molar-refractivity contribution in [3.63, 3.8) is 0 Å². The highest BCUT2D eigenvalue weighted by molar-refractivity contribution is 7.22. The number of aliphatic hydroxyl groups is 1. The van der Waals surface area contributed by atoms with Crippen molar-refractivity contribution < 1.29 is 19.1 Å². The standard InChI is InChI=1S/C22H26N4O2S.C11H13FN2O.C2H6/c1-2-3-17-6-7-23-19-12-20(29-22(17)19)18-5-4-16(13-24-18)14-25-8-10-26(11-9-25)21(28)15-27;1-7-2-3-9(6-10(7)12)14-11(15)13-8-4-5-8;1-2/h4-7,12-13,27H,2-3,8-11,14-15H2,1H3;2-3,6,8H,4-5H2,1H3,(H2,13,14,15);1-2H3. The molecular formula is C35H45FN6O3S. The van der Waals surface area contributed by atoms with Crippen LogP contribution in [-0.2, 0) is 17.8 Å². The Balaban J connectivity index is 0.000000237. The largest absolute Gasteiger partial charge is 0.387 e. The Morgan fingerprint density at radius 3 is 2.43 bits per heavy atom. The summed E-state index contributed by atoms with van der Waals surface area (Å²) in [7, 11) is 0. The van der Waals surface area contributed by atoms with E-state index in [0.29, 0.717) is 30.4 Å². The zero-order valence-electron chi connectivity index (χ0n) is 27.2. The minimum atomic E-state index is -0.404. The molecule has 3 aromatic heterocycles. The van der Waals surface area contributed by atoms with E-state index in [1.165, 1.54) is 21.9 Å². The molecule has 4 heterocycles. The number of amides is 3. The maximum Gasteiger partial charge on any atom is 0.319 e. The van der Waals surface area contributed by atoms with Gasteiger partial charge < -0.3 is 20.6 Å². The average molecular weight is 649 g/mol. The van der Waals surface area contributed by atoms with Gasteiger partial charge in [-0.05, 0) is 73.2 Å². The highest BCUT2D eigenvalue weighted by atomic mass is 32.1. The molecule has 0 radical (unpaired) electrons. The van der Waals surface area contributed by atoms with Gasteiger partial charge in [0.1, 0.15) is 12.4 Å². The van der Waals surface area contributed by atoms with Gasteiger partial charge in [0.25, 0.3) is 0 Å². The molecule has 6 rings (SSSR count). The molecule has 0 unspecified atom stereocenters. The molecule has 246 valence electrons. The summed E-state index contributed by atoms with van der Waals surface area (Å²) in [5.41, 5.74) is 5.62. The third-order valence-corrected chi connectivity index (χ3v) is 8.92. The van der Waals surface area contributed by atoms with Crippen LogP contribution in [0.2, 0.25) is 0 Å². The second kappa shape index (κ2) is 17.1. The molecule has 1 aliphatic carbocycles. The SMILES string of the molecule is CC.CCCc1ccnc2cc(-c3ccc(CN4CCN(C(=O)CO)CC4)cn3)sc12.Cc1ccc(NC(=O)NC2CC2)cc1F. The van der Waals surface area contributed by atoms with E-state index in [-0.39, 0.29) is 17.8 Å². The number of aryl methyl sites for hydroxylation is 2. The second-order valence-electron chi connectivity index (χ2n) is 11.2. The number of hydrogen-bond donors (Lipinski definition) is 3. The highest BCUT2D eigenvalue weighted by Crippen LogP contribution is 2.34. The van der Waals surface area contributed by atoms with Gasteiger partial charge in [0.15, 0.2) is 0 Å². The first-order chi connectivity index (χ1) is 22.3. The minimum absolute atomic E-state index is 0.185. The molecule has 1 saturated carbocycles. The van der Waals surface area contributed by atoms with E-state index in [1.54, 1.807) is 35.3 Å². The van der Waals surface area contributed by atoms with Gasteiger partial charge in [0, 0.05) is 56.8 Å². The fraction of sp³-hybridized carbons (Fsp3) is 0.429. The summed E-state index contributed by atoms with van der Waals surface area (Å²) in [4.78, 5) is 37.3. The van der Waals surface area contributed by atoms with Crippen LogP contribution in [0.1, 0.15) is 56.7 Å². The lowest BCUT2D eigenvalue weighted by Crippen LogP contribution is -2.49. The number of nitrogens with one attached hydrogen (secondary N) is 2. The number of hydrogen-bond acceptors (Lipinski definition) is 7. The monoisotopic (exact) mass is 648 g/mol. The fourth-order valence-corrected chi connectivity index (χ4v) is 6.14. The third kappa shape index (κ3) is 9.78. The molecule has 1 aliphatic heterocycles. The smallest absolute Gasteiger partial charge is 0.319 e. The van der Waals surface area contributed by atoms with Crippen molar-refractivity contribution in [3.05, 3.63) is 77.4 Å². The van der Waals surface area contributed by atoms with Crippen LogP contribution in [0.3, 0.4) is 0 Å². The summed E-state index contributed by atoms with van der Waals surface area (Å²) < 4.78 is 14.4. The molecule has 1 aromatic carbocycles. The molecule has 2 aliphatic rings. The van der Waals surface area contributed by atoms with Crippen molar-refractivity contribution >= 4 is 39.2 Å². The third-order valence-electron chi connectivity index (χ3n) is 7.70. The second-order valence-corrected chi connectivity index (χ2v) is 12.3. The van der Waals surface area contributed by atoms with E-state index in [4.69, 9.17) is 10.1 Å². The lowest BCUT2D eigenvalue weighted by atomic mass is 10.1. The Kier molecular flexibility index (Phi) is 13.0. The molecule has 9 nitrogen and oxygen atoms in total. The van der Waals surface area contributed by atoms with Crippen LogP contribution in [0.5, 0.6) is 0 Å². The lowest BCUT2D eigenvalue weighted by molar-refractivity contribution is -0.136. The number of carbonyl (C=O) groups excluding carboxylic acids is 2. The number of pyridine rings is 2. The van der Waals surface area contributed by atoms with Gasteiger partial charge in [-0.1, -0.05) is 39.3 Å². The van der Waals surface area contributed by atoms with E-state index in [9.17, 15) is 14.0 Å². The number of aromatic nitrogens is 2. The van der Waals surface area contributed by atoms with Gasteiger partial charge in [0.2, 0.25) is 5.91 Å². The van der Waals surface area contributed by atoms with Crippen LogP contribution < -0.4 is 10.6 Å². The van der Waals surface area contributed by atoms with Gasteiger partial charge in [0.05, 0.1) is 20.8 Å². The maximum atomic E-state index is 13.1. The molecule has 0 spiro atoms. The number of urea groups is 1. The molecule has 3 N–H and O–H groups in total. The van der Waals surface area contributed by atoms with Gasteiger partial charge in [-0.2, -0.15) is 0 Å². The minimum Gasteiger partial charge on any atom is -0.387 e. The van der Waals surface area contributed by atoms with Crippen LogP contribution in [0.4, 0.5) is 14.9 Å². The van der Waals surface area contributed by atoms with Gasteiger partial charge in [-0.25, -0.2) is 9.18 Å². The van der Waals surface area contributed by atoms with Crippen LogP contribution in [0, 0.1) is 12.7 Å². The predicted molar refractivity (Wildman–Crippen MR) is 183 cm³/mol. The molecule has 1 saturated heterocycles. The molecule has 2 fully saturated rings. The normalized spacial score (nSPS) is 14.5. The van der Waals surface area contributed by atoms with Crippen molar-refractivity contribution in [2.45, 2.75) is 66.0 Å². The molecule has 3 amide bonds. The molecule has 4 aromatic rings. The summed E-state index contributed by atoms with van der Waals surface area (Å²) in [6, 6.07) is 13.2. The number of benzene rings is 1. The Hall–Kier alpha value is -3.93. The fourth-order valence-electron chi connectivity index (χ4n) is 5.01. The molecule has 46 heavy (non-hydrogen) atoms. The number of thiophene rings is 1. The van der Waals surface area contributed by atoms with E-state index < -0.39 is 6.61 Å². The number of rotatable bonds is 8. The Morgan fingerprint density at radius 1 is 1.04 bits per heavy atom. The molecule has 0 bridgehead atoms. The number of aliphatic hydroxyl groups excluding tert-OH is 1. The first-order valence-electron chi connectivity index (χ1n) is 16.1. The van der Waals surface area contributed by atoms with E-state index in [0.717, 1.165) is 61.4 Å². The van der Waals surface area contributed by atoms with Crippen molar-refractivity contribution in [3.8, 4) is 10.6 Å². The maximum absolute atomic E-state index is 13.1. The summed E-state index contributed by atoms with van der Waals surface area (Å²) in [6.45, 7) is 11.3. The Bertz CT molecular complexity index is 1580. The molecule has 0 atom stereocenters. The number of halogens is 1. The van der Waals surface area contributed by atoms with E-state index in [1.807, 2.05) is 26.2 Å². The number of piperazine rings is 1. The summed E-state index contributed by atoms with van der Waals surface area (Å²) >= 11 is 1.77. The van der Waals surface area contributed by atoms with E-state index in [2.05, 4.69) is 51.7 Å². The number of anilines is 1. The zero-order chi connectivity index (χ0) is 33.1. The zero-order valence-corrected chi connectivity index (χ0v) is 28.0. The number of nitrogens with zero attached hydrogens (tertiary/aromatic N) is 4. The van der Waals surface area contributed by atoms with Crippen molar-refractivity contribution in [1.29, 1.82) is 0 Å².